The van der Waals surface area contributed by atoms with E-state index >= 15 is 0 Å². The summed E-state index contributed by atoms with van der Waals surface area (Å²) >= 11 is 5.73. The molecule has 0 amide bonds. The van der Waals surface area contributed by atoms with Gasteiger partial charge in [-0.2, -0.15) is 0 Å². The Morgan fingerprint density at radius 1 is 1.68 bits per heavy atom. The third-order valence-corrected chi connectivity index (χ3v) is 3.05. The van der Waals surface area contributed by atoms with Crippen molar-refractivity contribution >= 4 is 23.1 Å². The number of anilines is 1. The molecule has 2 heterocycles. The largest absolute Gasteiger partial charge is 0.394 e. The molecule has 2 rings (SSSR count). The van der Waals surface area contributed by atoms with Gasteiger partial charge in [0.15, 0.2) is 0 Å². The predicted octanol–water partition coefficient (Wildman–Crippen LogP) is 1.23. The number of aliphatic hydroxyl groups excluding tert-OH is 1. The van der Waals surface area contributed by atoms with Crippen molar-refractivity contribution in [3.8, 4) is 0 Å². The molecule has 0 radical (unpaired) electrons. The molecule has 0 saturated carbocycles. The van der Waals surface area contributed by atoms with Crippen molar-refractivity contribution in [1.82, 2.24) is 4.98 Å². The maximum atomic E-state index is 11.0. The van der Waals surface area contributed by atoms with E-state index in [1.807, 2.05) is 6.92 Å². The number of halogens is 1. The SMILES string of the molecule is CC1CN(c2ncc(Cl)cc2[N+](=O)[O-])CC(CO)O1. The summed E-state index contributed by atoms with van der Waals surface area (Å²) < 4.78 is 5.50. The minimum Gasteiger partial charge on any atom is -0.394 e. The highest BCUT2D eigenvalue weighted by molar-refractivity contribution is 6.30. The van der Waals surface area contributed by atoms with Gasteiger partial charge in [-0.15, -0.1) is 0 Å². The summed E-state index contributed by atoms with van der Waals surface area (Å²) in [6, 6.07) is 1.28. The first kappa shape index (κ1) is 14.0. The molecule has 1 fully saturated rings. The molecule has 1 aliphatic heterocycles. The van der Waals surface area contributed by atoms with E-state index in [1.165, 1.54) is 12.3 Å². The van der Waals surface area contributed by atoms with Crippen LogP contribution in [-0.4, -0.2) is 46.9 Å². The van der Waals surface area contributed by atoms with Crippen LogP contribution in [0.25, 0.3) is 0 Å². The van der Waals surface area contributed by atoms with Gasteiger partial charge in [0.25, 0.3) is 0 Å². The quantitative estimate of drug-likeness (QED) is 0.664. The molecule has 2 unspecified atom stereocenters. The summed E-state index contributed by atoms with van der Waals surface area (Å²) in [5.74, 6) is 0.253. The lowest BCUT2D eigenvalue weighted by Crippen LogP contribution is -2.48. The zero-order valence-corrected chi connectivity index (χ0v) is 11.1. The third-order valence-electron chi connectivity index (χ3n) is 2.84. The summed E-state index contributed by atoms with van der Waals surface area (Å²) in [7, 11) is 0. The highest BCUT2D eigenvalue weighted by Crippen LogP contribution is 2.30. The Kier molecular flexibility index (Phi) is 4.18. The number of morpholine rings is 1. The smallest absolute Gasteiger partial charge is 0.313 e. The van der Waals surface area contributed by atoms with Gasteiger partial charge in [-0.1, -0.05) is 11.6 Å². The number of nitro groups is 1. The van der Waals surface area contributed by atoms with Gasteiger partial charge in [0, 0.05) is 25.4 Å². The highest BCUT2D eigenvalue weighted by Gasteiger charge is 2.30. The molecule has 2 atom stereocenters. The first-order chi connectivity index (χ1) is 9.01. The average Bonchev–Trinajstić information content (AvgIpc) is 2.37. The van der Waals surface area contributed by atoms with E-state index in [2.05, 4.69) is 4.98 Å². The summed E-state index contributed by atoms with van der Waals surface area (Å²) in [6.45, 7) is 2.54. The van der Waals surface area contributed by atoms with Crippen molar-refractivity contribution in [2.45, 2.75) is 19.1 Å². The summed E-state index contributed by atoms with van der Waals surface area (Å²) in [5, 5.41) is 20.4. The Morgan fingerprint density at radius 3 is 3.05 bits per heavy atom. The Morgan fingerprint density at radius 2 is 2.42 bits per heavy atom. The second kappa shape index (κ2) is 5.68. The predicted molar refractivity (Wildman–Crippen MR) is 69.5 cm³/mol. The standard InChI is InChI=1S/C11H14ClN3O4/c1-7-4-14(5-9(6-16)19-7)11-10(15(17)18)2-8(12)3-13-11/h2-3,7,9,16H,4-6H2,1H3. The van der Waals surface area contributed by atoms with Crippen molar-refractivity contribution in [3.63, 3.8) is 0 Å². The van der Waals surface area contributed by atoms with Crippen LogP contribution in [0.2, 0.25) is 5.02 Å². The van der Waals surface area contributed by atoms with Gasteiger partial charge in [-0.3, -0.25) is 10.1 Å². The third kappa shape index (κ3) is 3.12. The lowest BCUT2D eigenvalue weighted by atomic mass is 10.2. The van der Waals surface area contributed by atoms with E-state index in [0.717, 1.165) is 0 Å². The number of ether oxygens (including phenoxy) is 1. The maximum absolute atomic E-state index is 11.0. The van der Waals surface area contributed by atoms with Gasteiger partial charge in [0.2, 0.25) is 5.82 Å². The van der Waals surface area contributed by atoms with E-state index in [1.54, 1.807) is 4.90 Å². The Hall–Kier alpha value is -1.44. The Bertz CT molecular complexity index is 485. The van der Waals surface area contributed by atoms with Crippen LogP contribution >= 0.6 is 11.6 Å². The molecular weight excluding hydrogens is 274 g/mol. The molecule has 7 nitrogen and oxygen atoms in total. The normalized spacial score (nSPS) is 23.4. The van der Waals surface area contributed by atoms with Crippen LogP contribution in [0.5, 0.6) is 0 Å². The van der Waals surface area contributed by atoms with Crippen LogP contribution < -0.4 is 4.90 Å². The van der Waals surface area contributed by atoms with Crippen molar-refractivity contribution in [2.75, 3.05) is 24.6 Å². The van der Waals surface area contributed by atoms with Crippen LogP contribution in [0, 0.1) is 10.1 Å². The number of hydrogen-bond acceptors (Lipinski definition) is 6. The molecule has 1 aromatic heterocycles. The average molecular weight is 288 g/mol. The van der Waals surface area contributed by atoms with Crippen LogP contribution in [0.15, 0.2) is 12.3 Å². The zero-order valence-electron chi connectivity index (χ0n) is 10.3. The van der Waals surface area contributed by atoms with Crippen LogP contribution in [0.4, 0.5) is 11.5 Å². The first-order valence-corrected chi connectivity index (χ1v) is 6.20. The molecule has 104 valence electrons. The molecule has 8 heteroatoms. The summed E-state index contributed by atoms with van der Waals surface area (Å²) in [5.41, 5.74) is -0.140. The fraction of sp³-hybridized carbons (Fsp3) is 0.545. The van der Waals surface area contributed by atoms with Crippen molar-refractivity contribution in [1.29, 1.82) is 0 Å². The summed E-state index contributed by atoms with van der Waals surface area (Å²) in [4.78, 5) is 16.3. The Balaban J connectivity index is 2.32. The molecule has 1 aromatic rings. The molecule has 1 saturated heterocycles. The number of hydrogen-bond donors (Lipinski definition) is 1. The number of aromatic nitrogens is 1. The second-order valence-electron chi connectivity index (χ2n) is 4.41. The van der Waals surface area contributed by atoms with E-state index in [4.69, 9.17) is 21.4 Å². The number of nitrogens with zero attached hydrogens (tertiary/aromatic N) is 3. The fourth-order valence-corrected chi connectivity index (χ4v) is 2.27. The topological polar surface area (TPSA) is 88.7 Å². The number of rotatable bonds is 3. The van der Waals surface area contributed by atoms with Gasteiger partial charge >= 0.3 is 5.69 Å². The van der Waals surface area contributed by atoms with E-state index in [9.17, 15) is 10.1 Å². The van der Waals surface area contributed by atoms with Gasteiger partial charge < -0.3 is 14.7 Å². The molecule has 0 bridgehead atoms. The van der Waals surface area contributed by atoms with Gasteiger partial charge in [-0.05, 0) is 6.92 Å². The molecule has 0 aliphatic carbocycles. The molecule has 1 N–H and O–H groups in total. The molecule has 19 heavy (non-hydrogen) atoms. The van der Waals surface area contributed by atoms with Gasteiger partial charge in [-0.25, -0.2) is 4.98 Å². The van der Waals surface area contributed by atoms with Crippen molar-refractivity contribution in [2.24, 2.45) is 0 Å². The number of pyridine rings is 1. The molecule has 0 aromatic carbocycles. The van der Waals surface area contributed by atoms with E-state index in [-0.39, 0.29) is 35.3 Å². The summed E-state index contributed by atoms with van der Waals surface area (Å²) in [6.07, 6.45) is 0.863. The minimum atomic E-state index is -0.512. The molecular formula is C11H14ClN3O4. The van der Waals surface area contributed by atoms with Crippen LogP contribution in [-0.2, 0) is 4.74 Å². The van der Waals surface area contributed by atoms with Crippen LogP contribution in [0.1, 0.15) is 6.92 Å². The van der Waals surface area contributed by atoms with Crippen molar-refractivity contribution < 1.29 is 14.8 Å². The second-order valence-corrected chi connectivity index (χ2v) is 4.85. The van der Waals surface area contributed by atoms with Gasteiger partial charge in [0.05, 0.1) is 28.8 Å². The van der Waals surface area contributed by atoms with Crippen LogP contribution in [0.3, 0.4) is 0 Å². The van der Waals surface area contributed by atoms with E-state index < -0.39 is 4.92 Å². The van der Waals surface area contributed by atoms with Crippen molar-refractivity contribution in [3.05, 3.63) is 27.4 Å². The fourth-order valence-electron chi connectivity index (χ4n) is 2.12. The Labute approximate surface area is 114 Å². The molecule has 0 spiro atoms. The maximum Gasteiger partial charge on any atom is 0.313 e. The minimum absolute atomic E-state index is 0.136. The first-order valence-electron chi connectivity index (χ1n) is 5.82. The monoisotopic (exact) mass is 287 g/mol. The zero-order chi connectivity index (χ0) is 14.0. The lowest BCUT2D eigenvalue weighted by Gasteiger charge is -2.36. The highest BCUT2D eigenvalue weighted by atomic mass is 35.5. The van der Waals surface area contributed by atoms with Gasteiger partial charge in [0.1, 0.15) is 0 Å². The van der Waals surface area contributed by atoms with E-state index in [0.29, 0.717) is 13.1 Å². The molecule has 1 aliphatic rings. The number of aliphatic hydroxyl groups is 1. The lowest BCUT2D eigenvalue weighted by molar-refractivity contribution is -0.384.